The standard InChI is InChI=1S/C16H20B5N/c17-12-11(13(18)15(20)16(21)14(12)19)10-4-8-6-1-2-7(3-6)9(8)5-22-10/h4-7H,1-3,17-21H2. The highest BCUT2D eigenvalue weighted by molar-refractivity contribution is 6.68. The van der Waals surface area contributed by atoms with Crippen molar-refractivity contribution in [3.8, 4) is 11.3 Å². The third kappa shape index (κ3) is 1.82. The zero-order valence-corrected chi connectivity index (χ0v) is 14.4. The molecule has 0 N–H and O–H groups in total. The van der Waals surface area contributed by atoms with Gasteiger partial charge in [-0.3, -0.25) is 4.98 Å². The Balaban J connectivity index is 1.93. The molecule has 1 nitrogen and oxygen atoms in total. The predicted molar refractivity (Wildman–Crippen MR) is 110 cm³/mol. The monoisotopic (exact) mass is 281 g/mol. The molecule has 0 spiro atoms. The van der Waals surface area contributed by atoms with E-state index in [0.29, 0.717) is 0 Å². The van der Waals surface area contributed by atoms with E-state index in [1.165, 1.54) is 63.4 Å². The van der Waals surface area contributed by atoms with Crippen molar-refractivity contribution in [1.82, 2.24) is 4.98 Å². The van der Waals surface area contributed by atoms with Crippen LogP contribution in [0.4, 0.5) is 0 Å². The quantitative estimate of drug-likeness (QED) is 0.479. The number of hydrogen-bond donors (Lipinski definition) is 0. The molecule has 0 aliphatic heterocycles. The summed E-state index contributed by atoms with van der Waals surface area (Å²) in [7, 11) is 11.2. The van der Waals surface area contributed by atoms with Crippen LogP contribution in [0.1, 0.15) is 42.2 Å². The summed E-state index contributed by atoms with van der Waals surface area (Å²) in [6.07, 6.45) is 6.30. The molecule has 0 radical (unpaired) electrons. The molecule has 1 saturated carbocycles. The maximum absolute atomic E-state index is 4.87. The average Bonchev–Trinajstić information content (AvgIpc) is 3.13. The van der Waals surface area contributed by atoms with Crippen molar-refractivity contribution in [2.24, 2.45) is 0 Å². The van der Waals surface area contributed by atoms with Gasteiger partial charge in [0, 0.05) is 6.20 Å². The summed E-state index contributed by atoms with van der Waals surface area (Å²) in [5.41, 5.74) is 12.8. The highest BCUT2D eigenvalue weighted by Crippen LogP contribution is 2.53. The van der Waals surface area contributed by atoms with Crippen LogP contribution in [0.25, 0.3) is 11.3 Å². The minimum atomic E-state index is 0.797. The Bertz CT molecular complexity index is 773. The number of rotatable bonds is 1. The normalized spacial score (nSPS) is 22.0. The van der Waals surface area contributed by atoms with Crippen molar-refractivity contribution in [2.45, 2.75) is 31.1 Å². The first kappa shape index (κ1) is 14.3. The summed E-state index contributed by atoms with van der Waals surface area (Å²) < 4.78 is 0. The second-order valence-corrected chi connectivity index (χ2v) is 7.41. The van der Waals surface area contributed by atoms with Gasteiger partial charge in [0.15, 0.2) is 0 Å². The minimum Gasteiger partial charge on any atom is -0.256 e. The maximum Gasteiger partial charge on any atom is 0.139 e. The molecule has 6 heteroatoms. The van der Waals surface area contributed by atoms with Gasteiger partial charge in [-0.05, 0) is 53.9 Å². The van der Waals surface area contributed by atoms with Gasteiger partial charge in [-0.25, -0.2) is 0 Å². The van der Waals surface area contributed by atoms with Gasteiger partial charge in [-0.2, -0.15) is 0 Å². The third-order valence-electron chi connectivity index (χ3n) is 6.54. The van der Waals surface area contributed by atoms with Crippen LogP contribution in [0.2, 0.25) is 0 Å². The van der Waals surface area contributed by atoms with Crippen molar-refractivity contribution in [3.63, 3.8) is 0 Å². The van der Waals surface area contributed by atoms with Crippen molar-refractivity contribution < 1.29 is 0 Å². The van der Waals surface area contributed by atoms with Crippen LogP contribution >= 0.6 is 0 Å². The average molecular weight is 280 g/mol. The SMILES string of the molecule is Bc1c(B)c(B)c(-c2cc3c(cn2)C2CCC3C2)c(B)c1B. The second kappa shape index (κ2) is 4.84. The molecular weight excluding hydrogens is 260 g/mol. The van der Waals surface area contributed by atoms with E-state index in [0.717, 1.165) is 11.8 Å². The van der Waals surface area contributed by atoms with Gasteiger partial charge < -0.3 is 0 Å². The number of nitrogens with zero attached hydrogens (tertiary/aromatic N) is 1. The Hall–Kier alpha value is -1.31. The van der Waals surface area contributed by atoms with Gasteiger partial charge in [0.1, 0.15) is 39.2 Å². The molecule has 104 valence electrons. The summed E-state index contributed by atoms with van der Waals surface area (Å²) in [4.78, 5) is 4.87. The van der Waals surface area contributed by atoms with Crippen LogP contribution in [0, 0.1) is 0 Å². The van der Waals surface area contributed by atoms with Crippen molar-refractivity contribution in [2.75, 3.05) is 0 Å². The zero-order valence-electron chi connectivity index (χ0n) is 14.4. The maximum atomic E-state index is 4.87. The van der Waals surface area contributed by atoms with Crippen molar-refractivity contribution in [1.29, 1.82) is 0 Å². The lowest BCUT2D eigenvalue weighted by molar-refractivity contribution is 0.714. The first-order valence-electron chi connectivity index (χ1n) is 8.56. The number of fused-ring (bicyclic) bond motifs is 5. The van der Waals surface area contributed by atoms with Gasteiger partial charge in [0.25, 0.3) is 0 Å². The Morgan fingerprint density at radius 3 is 1.95 bits per heavy atom. The van der Waals surface area contributed by atoms with Crippen LogP contribution in [0.3, 0.4) is 0 Å². The van der Waals surface area contributed by atoms with E-state index in [-0.39, 0.29) is 0 Å². The molecule has 1 fully saturated rings. The van der Waals surface area contributed by atoms with Gasteiger partial charge in [-0.15, -0.1) is 16.4 Å². The first-order chi connectivity index (χ1) is 10.5. The summed E-state index contributed by atoms with van der Waals surface area (Å²) >= 11 is 0. The molecule has 0 saturated heterocycles. The largest absolute Gasteiger partial charge is 0.256 e. The predicted octanol–water partition coefficient (Wildman–Crippen LogP) is -4.59. The van der Waals surface area contributed by atoms with Crippen LogP contribution in [-0.4, -0.2) is 44.2 Å². The first-order valence-corrected chi connectivity index (χ1v) is 8.56. The lowest BCUT2D eigenvalue weighted by Gasteiger charge is -2.21. The molecule has 2 aliphatic carbocycles. The summed E-state index contributed by atoms with van der Waals surface area (Å²) in [5.74, 6) is 1.60. The molecule has 2 unspecified atom stereocenters. The fourth-order valence-electron chi connectivity index (χ4n) is 4.74. The zero-order chi connectivity index (χ0) is 15.6. The van der Waals surface area contributed by atoms with E-state index < -0.39 is 0 Å². The van der Waals surface area contributed by atoms with Gasteiger partial charge in [0.2, 0.25) is 0 Å². The molecule has 2 aromatic rings. The molecule has 2 aliphatic rings. The van der Waals surface area contributed by atoms with E-state index in [9.17, 15) is 0 Å². The number of hydrogen-bond acceptors (Lipinski definition) is 1. The van der Waals surface area contributed by atoms with E-state index in [4.69, 9.17) is 4.98 Å². The molecule has 22 heavy (non-hydrogen) atoms. The molecule has 2 atom stereocenters. The fourth-order valence-corrected chi connectivity index (χ4v) is 4.74. The molecule has 1 aromatic carbocycles. The van der Waals surface area contributed by atoms with Crippen LogP contribution in [0.5, 0.6) is 0 Å². The summed E-state index contributed by atoms with van der Waals surface area (Å²) in [6.45, 7) is 0. The molecular formula is C16H20B5N. The molecule has 1 heterocycles. The smallest absolute Gasteiger partial charge is 0.139 e. The Morgan fingerprint density at radius 1 is 0.773 bits per heavy atom. The molecule has 2 bridgehead atoms. The van der Waals surface area contributed by atoms with Crippen LogP contribution in [0.15, 0.2) is 12.3 Å². The van der Waals surface area contributed by atoms with Crippen LogP contribution in [-0.2, 0) is 0 Å². The number of aromatic nitrogens is 1. The third-order valence-corrected chi connectivity index (χ3v) is 6.54. The molecule has 0 amide bonds. The topological polar surface area (TPSA) is 12.9 Å². The molecule has 4 rings (SSSR count). The lowest BCUT2D eigenvalue weighted by Crippen LogP contribution is -2.55. The Kier molecular flexibility index (Phi) is 3.15. The number of pyridine rings is 1. The van der Waals surface area contributed by atoms with Gasteiger partial charge in [0.05, 0.1) is 5.69 Å². The summed E-state index contributed by atoms with van der Waals surface area (Å²) in [6, 6.07) is 2.41. The Labute approximate surface area is 137 Å². The van der Waals surface area contributed by atoms with E-state index >= 15 is 0 Å². The van der Waals surface area contributed by atoms with Crippen molar-refractivity contribution in [3.05, 3.63) is 23.4 Å². The van der Waals surface area contributed by atoms with Crippen molar-refractivity contribution >= 4 is 66.5 Å². The van der Waals surface area contributed by atoms with Gasteiger partial charge >= 0.3 is 0 Å². The van der Waals surface area contributed by atoms with Crippen LogP contribution < -0.4 is 27.3 Å². The second-order valence-electron chi connectivity index (χ2n) is 7.41. The van der Waals surface area contributed by atoms with E-state index in [1.807, 2.05) is 0 Å². The fraction of sp³-hybridized carbons (Fsp3) is 0.312. The highest BCUT2D eigenvalue weighted by atomic mass is 14.7. The summed E-state index contributed by atoms with van der Waals surface area (Å²) in [5, 5.41) is 0. The Morgan fingerprint density at radius 2 is 1.32 bits per heavy atom. The lowest BCUT2D eigenvalue weighted by atomic mass is 9.60. The van der Waals surface area contributed by atoms with Gasteiger partial charge in [-0.1, -0.05) is 10.9 Å². The highest BCUT2D eigenvalue weighted by Gasteiger charge is 2.37. The number of benzene rings is 1. The van der Waals surface area contributed by atoms with E-state index in [2.05, 4.69) is 51.5 Å². The molecule has 1 aromatic heterocycles. The van der Waals surface area contributed by atoms with E-state index in [1.54, 1.807) is 5.56 Å². The minimum absolute atomic E-state index is 0.797.